The summed E-state index contributed by atoms with van der Waals surface area (Å²) in [5.74, 6) is 0.632. The summed E-state index contributed by atoms with van der Waals surface area (Å²) in [5.41, 5.74) is 0. The Balaban J connectivity index is 2.05. The van der Waals surface area contributed by atoms with Gasteiger partial charge < -0.3 is 4.74 Å². The molecule has 14 heavy (non-hydrogen) atoms. The molecule has 0 saturated heterocycles. The smallest absolute Gasteiger partial charge is 0.268 e. The van der Waals surface area contributed by atoms with E-state index < -0.39 is 0 Å². The fourth-order valence-electron chi connectivity index (χ4n) is 1.37. The summed E-state index contributed by atoms with van der Waals surface area (Å²) in [6.45, 7) is 1.11. The van der Waals surface area contributed by atoms with E-state index in [0.29, 0.717) is 18.8 Å². The summed E-state index contributed by atoms with van der Waals surface area (Å²) < 4.78 is 5.02. The maximum absolute atomic E-state index is 11.5. The summed E-state index contributed by atoms with van der Waals surface area (Å²) in [7, 11) is 1.57. The van der Waals surface area contributed by atoms with Crippen molar-refractivity contribution in [1.29, 1.82) is 0 Å². The third kappa shape index (κ3) is 1.48. The molecule has 0 aromatic carbocycles. The quantitative estimate of drug-likeness (QED) is 0.626. The summed E-state index contributed by atoms with van der Waals surface area (Å²) >= 11 is 0. The lowest BCUT2D eigenvalue weighted by Crippen LogP contribution is -2.42. The average molecular weight is 193 g/mol. The van der Waals surface area contributed by atoms with E-state index in [1.165, 1.54) is 6.08 Å². The number of nitrogens with zero attached hydrogens (tertiary/aromatic N) is 3. The molecule has 0 aromatic rings. The van der Waals surface area contributed by atoms with E-state index in [1.807, 2.05) is 0 Å². The van der Waals surface area contributed by atoms with Crippen LogP contribution in [-0.2, 0) is 9.53 Å². The molecule has 0 aromatic heterocycles. The molecule has 0 spiro atoms. The van der Waals surface area contributed by atoms with Crippen LogP contribution in [-0.4, -0.2) is 42.3 Å². The third-order valence-corrected chi connectivity index (χ3v) is 2.12. The Hall–Kier alpha value is -1.78. The first-order valence-electron chi connectivity index (χ1n) is 4.32. The molecule has 0 N–H and O–H groups in total. The van der Waals surface area contributed by atoms with Gasteiger partial charge in [-0.3, -0.25) is 14.8 Å². The van der Waals surface area contributed by atoms with Crippen molar-refractivity contribution in [3.05, 3.63) is 24.2 Å². The van der Waals surface area contributed by atoms with Gasteiger partial charge in [-0.05, 0) is 0 Å². The zero-order valence-electron chi connectivity index (χ0n) is 7.88. The number of hydrogen-bond donors (Lipinski definition) is 0. The highest BCUT2D eigenvalue weighted by Crippen LogP contribution is 2.14. The lowest BCUT2D eigenvalue weighted by molar-refractivity contribution is -0.135. The number of hydrogen-bond acceptors (Lipinski definition) is 4. The lowest BCUT2D eigenvalue weighted by atomic mass is 10.5. The zero-order valence-corrected chi connectivity index (χ0v) is 7.88. The van der Waals surface area contributed by atoms with E-state index in [0.717, 1.165) is 0 Å². The fraction of sp³-hybridized carbons (Fsp3) is 0.333. The van der Waals surface area contributed by atoms with Gasteiger partial charge in [0, 0.05) is 24.7 Å². The molecule has 2 aliphatic heterocycles. The molecule has 2 rings (SSSR count). The van der Waals surface area contributed by atoms with Gasteiger partial charge in [-0.2, -0.15) is 0 Å². The van der Waals surface area contributed by atoms with Crippen molar-refractivity contribution in [2.45, 2.75) is 0 Å². The molecule has 5 heteroatoms. The number of aliphatic imine (C=N–C) groups is 1. The van der Waals surface area contributed by atoms with Crippen molar-refractivity contribution < 1.29 is 9.53 Å². The van der Waals surface area contributed by atoms with Crippen LogP contribution in [0.2, 0.25) is 0 Å². The van der Waals surface area contributed by atoms with Gasteiger partial charge >= 0.3 is 0 Å². The Morgan fingerprint density at radius 3 is 3.00 bits per heavy atom. The zero-order chi connectivity index (χ0) is 9.97. The highest BCUT2D eigenvalue weighted by Gasteiger charge is 2.26. The van der Waals surface area contributed by atoms with Crippen LogP contribution in [0.25, 0.3) is 0 Å². The van der Waals surface area contributed by atoms with Gasteiger partial charge in [0.15, 0.2) is 0 Å². The van der Waals surface area contributed by atoms with Crippen LogP contribution in [0.1, 0.15) is 0 Å². The van der Waals surface area contributed by atoms with Crippen molar-refractivity contribution in [1.82, 2.24) is 10.0 Å². The number of carbonyl (C=O) groups excluding carboxylic acids is 1. The maximum Gasteiger partial charge on any atom is 0.268 e. The second-order valence-corrected chi connectivity index (χ2v) is 2.96. The number of hydrazine groups is 1. The van der Waals surface area contributed by atoms with Gasteiger partial charge in [0.25, 0.3) is 5.91 Å². The Labute approximate surface area is 81.9 Å². The van der Waals surface area contributed by atoms with Gasteiger partial charge in [-0.15, -0.1) is 0 Å². The summed E-state index contributed by atoms with van der Waals surface area (Å²) in [6.07, 6.45) is 6.67. The second-order valence-electron chi connectivity index (χ2n) is 2.96. The van der Waals surface area contributed by atoms with Crippen molar-refractivity contribution in [2.75, 3.05) is 20.2 Å². The van der Waals surface area contributed by atoms with E-state index in [-0.39, 0.29) is 5.91 Å². The fourth-order valence-corrected chi connectivity index (χ4v) is 1.37. The highest BCUT2D eigenvalue weighted by molar-refractivity contribution is 5.90. The van der Waals surface area contributed by atoms with Crippen LogP contribution in [0.5, 0.6) is 0 Å². The van der Waals surface area contributed by atoms with Crippen molar-refractivity contribution in [3.63, 3.8) is 0 Å². The van der Waals surface area contributed by atoms with E-state index in [4.69, 9.17) is 4.74 Å². The number of ether oxygens (including phenoxy) is 1. The minimum atomic E-state index is -0.0539. The Kier molecular flexibility index (Phi) is 2.22. The molecular formula is C9H11N3O2. The largest absolute Gasteiger partial charge is 0.499 e. The van der Waals surface area contributed by atoms with Crippen molar-refractivity contribution >= 4 is 12.1 Å². The molecule has 0 atom stereocenters. The maximum atomic E-state index is 11.5. The SMILES string of the molecule is COC1=CC(=O)N(N2C=CN=CC2)C1. The van der Waals surface area contributed by atoms with Crippen LogP contribution in [0.4, 0.5) is 0 Å². The van der Waals surface area contributed by atoms with Crippen LogP contribution in [0.15, 0.2) is 29.2 Å². The normalized spacial score (nSPS) is 20.4. The predicted octanol–water partition coefficient (Wildman–Crippen LogP) is 0.131. The number of carbonyl (C=O) groups is 1. The van der Waals surface area contributed by atoms with Crippen LogP contribution in [0, 0.1) is 0 Å². The minimum absolute atomic E-state index is 0.0539. The molecule has 0 saturated carbocycles. The third-order valence-electron chi connectivity index (χ3n) is 2.12. The standard InChI is InChI=1S/C9H11N3O2/c1-14-8-6-9(13)12(7-8)11-4-2-10-3-5-11/h2-4,6H,5,7H2,1H3. The molecule has 0 radical (unpaired) electrons. The molecule has 0 aliphatic carbocycles. The Morgan fingerprint density at radius 2 is 2.43 bits per heavy atom. The lowest BCUT2D eigenvalue weighted by Gasteiger charge is -2.30. The van der Waals surface area contributed by atoms with Gasteiger partial charge in [0.1, 0.15) is 12.3 Å². The number of methoxy groups -OCH3 is 1. The molecule has 5 nitrogen and oxygen atoms in total. The van der Waals surface area contributed by atoms with Gasteiger partial charge in [-0.25, -0.2) is 5.01 Å². The first kappa shape index (κ1) is 8.80. The average Bonchev–Trinajstić information content (AvgIpc) is 2.61. The van der Waals surface area contributed by atoms with Crippen LogP contribution >= 0.6 is 0 Å². The molecule has 0 fully saturated rings. The molecule has 1 amide bonds. The van der Waals surface area contributed by atoms with E-state index in [2.05, 4.69) is 4.99 Å². The topological polar surface area (TPSA) is 45.1 Å². The minimum Gasteiger partial charge on any atom is -0.499 e. The van der Waals surface area contributed by atoms with Gasteiger partial charge in [-0.1, -0.05) is 0 Å². The van der Waals surface area contributed by atoms with Gasteiger partial charge in [0.2, 0.25) is 0 Å². The summed E-state index contributed by atoms with van der Waals surface area (Å²) in [6, 6.07) is 0. The highest BCUT2D eigenvalue weighted by atomic mass is 16.5. The summed E-state index contributed by atoms with van der Waals surface area (Å²) in [4.78, 5) is 15.4. The van der Waals surface area contributed by atoms with E-state index in [9.17, 15) is 4.79 Å². The molecule has 74 valence electrons. The predicted molar refractivity (Wildman–Crippen MR) is 51.1 cm³/mol. The van der Waals surface area contributed by atoms with E-state index >= 15 is 0 Å². The molecule has 0 bridgehead atoms. The molecular weight excluding hydrogens is 182 g/mol. The monoisotopic (exact) mass is 193 g/mol. The van der Waals surface area contributed by atoms with Crippen LogP contribution in [0.3, 0.4) is 0 Å². The molecule has 2 aliphatic rings. The summed E-state index contributed by atoms with van der Waals surface area (Å²) in [5, 5.41) is 3.42. The van der Waals surface area contributed by atoms with Crippen LogP contribution < -0.4 is 0 Å². The van der Waals surface area contributed by atoms with Gasteiger partial charge in [0.05, 0.1) is 13.7 Å². The molecule has 2 heterocycles. The molecule has 0 unspecified atom stereocenters. The Morgan fingerprint density at radius 1 is 1.57 bits per heavy atom. The second kappa shape index (κ2) is 3.53. The first-order chi connectivity index (χ1) is 6.81. The van der Waals surface area contributed by atoms with Crippen molar-refractivity contribution in [2.24, 2.45) is 4.99 Å². The number of rotatable bonds is 2. The van der Waals surface area contributed by atoms with E-state index in [1.54, 1.807) is 35.7 Å². The first-order valence-corrected chi connectivity index (χ1v) is 4.32. The van der Waals surface area contributed by atoms with Crippen molar-refractivity contribution in [3.8, 4) is 0 Å². The Bertz CT molecular complexity index is 333. The number of amides is 1.